The van der Waals surface area contributed by atoms with E-state index in [1.54, 1.807) is 0 Å². The van der Waals surface area contributed by atoms with Crippen molar-refractivity contribution in [3.8, 4) is 11.1 Å². The molecule has 0 heterocycles. The van der Waals surface area contributed by atoms with E-state index < -0.39 is 0 Å². The van der Waals surface area contributed by atoms with Crippen LogP contribution in [0.15, 0.2) is 230 Å². The lowest BCUT2D eigenvalue weighted by atomic mass is 9.90. The second-order valence-corrected chi connectivity index (χ2v) is 15.9. The molecular formula is C57H48N2. The molecule has 0 bridgehead atoms. The first kappa shape index (κ1) is 36.4. The zero-order valence-corrected chi connectivity index (χ0v) is 33.4. The molecule has 2 nitrogen and oxygen atoms in total. The molecule has 10 rings (SSSR count). The molecule has 0 saturated carbocycles. The molecule has 286 valence electrons. The molecule has 0 aromatic heterocycles. The van der Waals surface area contributed by atoms with Crippen LogP contribution in [0.25, 0.3) is 32.7 Å². The van der Waals surface area contributed by atoms with Crippen molar-refractivity contribution in [1.82, 2.24) is 0 Å². The first-order valence-electron chi connectivity index (χ1n) is 21.1. The fraction of sp³-hybridized carbons (Fsp3) is 0.123. The Kier molecular flexibility index (Phi) is 10.2. The highest BCUT2D eigenvalue weighted by atomic mass is 15.2. The number of allylic oxidation sites excluding steroid dienone is 11. The van der Waals surface area contributed by atoms with Crippen LogP contribution in [0.4, 0.5) is 17.1 Å². The molecule has 3 aliphatic carbocycles. The Labute approximate surface area is 348 Å². The Morgan fingerprint density at radius 1 is 0.508 bits per heavy atom. The van der Waals surface area contributed by atoms with Crippen molar-refractivity contribution in [2.24, 2.45) is 0 Å². The van der Waals surface area contributed by atoms with Gasteiger partial charge in [0.25, 0.3) is 0 Å². The summed E-state index contributed by atoms with van der Waals surface area (Å²) in [5.74, 6) is 0.770. The summed E-state index contributed by atoms with van der Waals surface area (Å²) in [5.41, 5.74) is 12.7. The van der Waals surface area contributed by atoms with Crippen LogP contribution < -0.4 is 9.80 Å². The van der Waals surface area contributed by atoms with Crippen LogP contribution in [0.1, 0.15) is 54.2 Å². The fourth-order valence-corrected chi connectivity index (χ4v) is 9.08. The molecule has 0 aliphatic heterocycles. The lowest BCUT2D eigenvalue weighted by Crippen LogP contribution is -2.23. The van der Waals surface area contributed by atoms with Gasteiger partial charge in [0, 0.05) is 46.5 Å². The maximum absolute atomic E-state index is 2.49. The first-order valence-corrected chi connectivity index (χ1v) is 21.1. The zero-order chi connectivity index (χ0) is 39.4. The van der Waals surface area contributed by atoms with Crippen molar-refractivity contribution < 1.29 is 0 Å². The van der Waals surface area contributed by atoms with Crippen LogP contribution in [0.5, 0.6) is 0 Å². The average molecular weight is 761 g/mol. The molecule has 0 radical (unpaired) electrons. The normalized spacial score (nSPS) is 17.2. The first-order chi connectivity index (χ1) is 29.2. The molecule has 3 aliphatic rings. The SMILES string of the molecule is C1=CCCC(N(C2=CCC(c3ccc(N(Cc4cccc5ccccc45)c4ccc(-c5ccc(C6C=CC=CC6)cc5)cc4)cc3)C=C2)c2cccc3ccccc23)=C1. The van der Waals surface area contributed by atoms with Crippen molar-refractivity contribution in [1.29, 1.82) is 0 Å². The van der Waals surface area contributed by atoms with E-state index in [1.807, 2.05) is 0 Å². The summed E-state index contributed by atoms with van der Waals surface area (Å²) >= 11 is 0. The van der Waals surface area contributed by atoms with E-state index in [9.17, 15) is 0 Å². The van der Waals surface area contributed by atoms with Crippen LogP contribution in [0.2, 0.25) is 0 Å². The number of anilines is 3. The van der Waals surface area contributed by atoms with Crippen molar-refractivity contribution in [3.05, 3.63) is 247 Å². The number of hydrogen-bond donors (Lipinski definition) is 0. The fourth-order valence-electron chi connectivity index (χ4n) is 9.08. The lowest BCUT2D eigenvalue weighted by molar-refractivity contribution is 0.826. The van der Waals surface area contributed by atoms with Crippen molar-refractivity contribution >= 4 is 38.6 Å². The van der Waals surface area contributed by atoms with E-state index in [0.29, 0.717) is 11.8 Å². The molecule has 2 heteroatoms. The average Bonchev–Trinajstić information content (AvgIpc) is 3.32. The van der Waals surface area contributed by atoms with Gasteiger partial charge in [0.2, 0.25) is 0 Å². The van der Waals surface area contributed by atoms with Gasteiger partial charge >= 0.3 is 0 Å². The third-order valence-electron chi connectivity index (χ3n) is 12.3. The van der Waals surface area contributed by atoms with Crippen molar-refractivity contribution in [2.75, 3.05) is 9.80 Å². The predicted octanol–water partition coefficient (Wildman–Crippen LogP) is 15.3. The summed E-state index contributed by atoms with van der Waals surface area (Å²) in [5, 5.41) is 5.11. The van der Waals surface area contributed by atoms with E-state index >= 15 is 0 Å². The van der Waals surface area contributed by atoms with Crippen LogP contribution in [0.3, 0.4) is 0 Å². The van der Waals surface area contributed by atoms with Gasteiger partial charge in [-0.05, 0) is 112 Å². The van der Waals surface area contributed by atoms with Gasteiger partial charge in [0.1, 0.15) is 0 Å². The Morgan fingerprint density at radius 2 is 1.14 bits per heavy atom. The lowest BCUT2D eigenvalue weighted by Gasteiger charge is -2.32. The third-order valence-corrected chi connectivity index (χ3v) is 12.3. The monoisotopic (exact) mass is 760 g/mol. The molecule has 7 aromatic rings. The standard InChI is InChI=1S/C57H48N2/c1-3-13-42(14-4-1)43-25-27-44(28-26-43)45-29-35-51(36-30-45)58(41-50-19-11-17-48-15-7-9-22-55(48)50)52-37-31-46(32-38-52)47-33-39-54(40-34-47)59(53-20-5-2-6-21-53)57-24-12-18-49-16-8-10-23-56(49)57/h1-5,7-13,15-20,22-33,35-40,42,47H,6,14,21,34,41H2. The quantitative estimate of drug-likeness (QED) is 0.137. The molecule has 0 fully saturated rings. The highest BCUT2D eigenvalue weighted by molar-refractivity contribution is 5.96. The summed E-state index contributed by atoms with van der Waals surface area (Å²) in [6, 6.07) is 58.3. The highest BCUT2D eigenvalue weighted by Crippen LogP contribution is 2.39. The second-order valence-electron chi connectivity index (χ2n) is 15.9. The molecule has 0 N–H and O–H groups in total. The molecule has 0 saturated heterocycles. The number of benzene rings is 7. The second kappa shape index (κ2) is 16.5. The number of nitrogens with zero attached hydrogens (tertiary/aromatic N) is 2. The number of fused-ring (bicyclic) bond motifs is 2. The molecule has 7 aromatic carbocycles. The van der Waals surface area contributed by atoms with Gasteiger partial charge in [-0.15, -0.1) is 0 Å². The summed E-state index contributed by atoms with van der Waals surface area (Å²) in [6.07, 6.45) is 26.9. The molecule has 2 atom stereocenters. The van der Waals surface area contributed by atoms with E-state index in [-0.39, 0.29) is 0 Å². The van der Waals surface area contributed by atoms with Crippen LogP contribution >= 0.6 is 0 Å². The van der Waals surface area contributed by atoms with Gasteiger partial charge in [-0.25, -0.2) is 0 Å². The summed E-state index contributed by atoms with van der Waals surface area (Å²) in [6.45, 7) is 0.766. The van der Waals surface area contributed by atoms with E-state index in [0.717, 1.165) is 32.2 Å². The van der Waals surface area contributed by atoms with Gasteiger partial charge in [-0.1, -0.05) is 176 Å². The topological polar surface area (TPSA) is 6.48 Å². The maximum atomic E-state index is 2.49. The van der Waals surface area contributed by atoms with Crippen LogP contribution in [0, 0.1) is 0 Å². The minimum atomic E-state index is 0.310. The van der Waals surface area contributed by atoms with Gasteiger partial charge < -0.3 is 9.80 Å². The van der Waals surface area contributed by atoms with E-state index in [4.69, 9.17) is 0 Å². The minimum absolute atomic E-state index is 0.310. The Balaban J connectivity index is 0.924. The Morgan fingerprint density at radius 3 is 1.81 bits per heavy atom. The molecule has 0 amide bonds. The zero-order valence-electron chi connectivity index (χ0n) is 33.4. The van der Waals surface area contributed by atoms with Gasteiger partial charge in [0.15, 0.2) is 0 Å². The van der Waals surface area contributed by atoms with Gasteiger partial charge in [-0.2, -0.15) is 0 Å². The highest BCUT2D eigenvalue weighted by Gasteiger charge is 2.22. The minimum Gasteiger partial charge on any atom is -0.337 e. The van der Waals surface area contributed by atoms with Crippen LogP contribution in [-0.4, -0.2) is 0 Å². The Bertz CT molecular complexity index is 2780. The number of hydrogen-bond acceptors (Lipinski definition) is 2. The maximum Gasteiger partial charge on any atom is 0.0536 e. The largest absolute Gasteiger partial charge is 0.337 e. The summed E-state index contributed by atoms with van der Waals surface area (Å²) < 4.78 is 0. The van der Waals surface area contributed by atoms with Gasteiger partial charge in [0.05, 0.1) is 5.69 Å². The molecule has 2 unspecified atom stereocenters. The van der Waals surface area contributed by atoms with Gasteiger partial charge in [-0.3, -0.25) is 0 Å². The Hall–Kier alpha value is -6.90. The molecule has 59 heavy (non-hydrogen) atoms. The number of rotatable bonds is 10. The smallest absolute Gasteiger partial charge is 0.0536 e. The van der Waals surface area contributed by atoms with E-state index in [1.165, 1.54) is 77.8 Å². The predicted molar refractivity (Wildman–Crippen MR) is 251 cm³/mol. The third kappa shape index (κ3) is 7.63. The summed E-state index contributed by atoms with van der Waals surface area (Å²) in [4.78, 5) is 4.95. The molecular weight excluding hydrogens is 713 g/mol. The van der Waals surface area contributed by atoms with Crippen LogP contribution in [-0.2, 0) is 6.54 Å². The summed E-state index contributed by atoms with van der Waals surface area (Å²) in [7, 11) is 0. The molecule has 0 spiro atoms. The van der Waals surface area contributed by atoms with Crippen molar-refractivity contribution in [3.63, 3.8) is 0 Å². The van der Waals surface area contributed by atoms with E-state index in [2.05, 4.69) is 228 Å². The van der Waals surface area contributed by atoms with Crippen molar-refractivity contribution in [2.45, 2.75) is 44.1 Å².